The van der Waals surface area contributed by atoms with Gasteiger partial charge in [0.05, 0.1) is 5.01 Å². The number of rotatable bonds is 4. The predicted octanol–water partition coefficient (Wildman–Crippen LogP) is 2.51. The van der Waals surface area contributed by atoms with E-state index in [1.54, 1.807) is 6.20 Å². The molecule has 0 aliphatic rings. The second-order valence-electron chi connectivity index (χ2n) is 3.67. The Labute approximate surface area is 102 Å². The summed E-state index contributed by atoms with van der Waals surface area (Å²) in [6.07, 6.45) is 2.89. The third-order valence-electron chi connectivity index (χ3n) is 2.34. The molecule has 0 radical (unpaired) electrons. The van der Waals surface area contributed by atoms with Gasteiger partial charge in [-0.2, -0.15) is 0 Å². The summed E-state index contributed by atoms with van der Waals surface area (Å²) in [6.45, 7) is 0.553. The molecule has 2 N–H and O–H groups in total. The van der Waals surface area contributed by atoms with Crippen LogP contribution in [0.15, 0.2) is 24.4 Å². The number of hydrogen-bond acceptors (Lipinski definition) is 3. The standard InChI is InChI=1S/C12H12F2N2S/c13-9-2-1-8(11(14)6-9)5-10-7-16-12(17-10)3-4-15/h1-2,6-7H,3-5,15H2. The van der Waals surface area contributed by atoms with Crippen LogP contribution in [0.25, 0.3) is 0 Å². The first kappa shape index (κ1) is 12.1. The van der Waals surface area contributed by atoms with Gasteiger partial charge in [0.15, 0.2) is 0 Å². The molecule has 1 aromatic heterocycles. The van der Waals surface area contributed by atoms with Crippen LogP contribution in [-0.2, 0) is 12.8 Å². The molecule has 2 rings (SSSR count). The fraction of sp³-hybridized carbons (Fsp3) is 0.250. The van der Waals surface area contributed by atoms with Crippen LogP contribution >= 0.6 is 11.3 Å². The molecular formula is C12H12F2N2S. The SMILES string of the molecule is NCCc1ncc(Cc2ccc(F)cc2F)s1. The summed E-state index contributed by atoms with van der Waals surface area (Å²) in [5.41, 5.74) is 5.91. The van der Waals surface area contributed by atoms with Crippen LogP contribution in [0.4, 0.5) is 8.78 Å². The van der Waals surface area contributed by atoms with Gasteiger partial charge in [-0.1, -0.05) is 6.07 Å². The van der Waals surface area contributed by atoms with E-state index in [-0.39, 0.29) is 0 Å². The third kappa shape index (κ3) is 3.08. The van der Waals surface area contributed by atoms with Gasteiger partial charge in [-0.15, -0.1) is 11.3 Å². The average Bonchev–Trinajstić information content (AvgIpc) is 2.71. The second kappa shape index (κ2) is 5.33. The average molecular weight is 254 g/mol. The lowest BCUT2D eigenvalue weighted by atomic mass is 10.1. The van der Waals surface area contributed by atoms with Crippen molar-refractivity contribution in [3.8, 4) is 0 Å². The van der Waals surface area contributed by atoms with Gasteiger partial charge in [0.1, 0.15) is 11.6 Å². The topological polar surface area (TPSA) is 38.9 Å². The van der Waals surface area contributed by atoms with E-state index in [0.717, 1.165) is 22.4 Å². The van der Waals surface area contributed by atoms with Crippen molar-refractivity contribution in [1.82, 2.24) is 4.98 Å². The summed E-state index contributed by atoms with van der Waals surface area (Å²) < 4.78 is 26.1. The molecule has 0 saturated carbocycles. The summed E-state index contributed by atoms with van der Waals surface area (Å²) >= 11 is 1.51. The zero-order chi connectivity index (χ0) is 12.3. The van der Waals surface area contributed by atoms with Gasteiger partial charge in [0, 0.05) is 30.0 Å². The summed E-state index contributed by atoms with van der Waals surface area (Å²) in [7, 11) is 0. The van der Waals surface area contributed by atoms with Crippen molar-refractivity contribution in [3.05, 3.63) is 51.5 Å². The molecule has 90 valence electrons. The molecule has 0 bridgehead atoms. The Morgan fingerprint density at radius 3 is 2.82 bits per heavy atom. The third-order valence-corrected chi connectivity index (χ3v) is 3.40. The minimum absolute atomic E-state index is 0.439. The predicted molar refractivity (Wildman–Crippen MR) is 64.0 cm³/mol. The highest BCUT2D eigenvalue weighted by molar-refractivity contribution is 7.11. The fourth-order valence-electron chi connectivity index (χ4n) is 1.52. The molecule has 2 aromatic rings. The van der Waals surface area contributed by atoms with E-state index in [1.165, 1.54) is 23.5 Å². The molecule has 1 aromatic carbocycles. The van der Waals surface area contributed by atoms with Gasteiger partial charge in [-0.3, -0.25) is 0 Å². The van der Waals surface area contributed by atoms with Crippen LogP contribution < -0.4 is 5.73 Å². The van der Waals surface area contributed by atoms with Crippen molar-refractivity contribution in [2.45, 2.75) is 12.8 Å². The maximum Gasteiger partial charge on any atom is 0.129 e. The maximum absolute atomic E-state index is 13.4. The molecule has 2 nitrogen and oxygen atoms in total. The molecule has 1 heterocycles. The van der Waals surface area contributed by atoms with Gasteiger partial charge >= 0.3 is 0 Å². The molecule has 0 spiro atoms. The lowest BCUT2D eigenvalue weighted by molar-refractivity contribution is 0.575. The van der Waals surface area contributed by atoms with Crippen LogP contribution in [0.5, 0.6) is 0 Å². The van der Waals surface area contributed by atoms with Gasteiger partial charge in [-0.25, -0.2) is 13.8 Å². The number of benzene rings is 1. The normalized spacial score (nSPS) is 10.8. The maximum atomic E-state index is 13.4. The van der Waals surface area contributed by atoms with Crippen molar-refractivity contribution >= 4 is 11.3 Å². The van der Waals surface area contributed by atoms with Crippen molar-refractivity contribution in [3.63, 3.8) is 0 Å². The quantitative estimate of drug-likeness (QED) is 0.910. The van der Waals surface area contributed by atoms with Crippen LogP contribution in [0.1, 0.15) is 15.4 Å². The monoisotopic (exact) mass is 254 g/mol. The summed E-state index contributed by atoms with van der Waals surface area (Å²) in [5.74, 6) is -1.07. The number of nitrogens with zero attached hydrogens (tertiary/aromatic N) is 1. The van der Waals surface area contributed by atoms with Gasteiger partial charge in [0.2, 0.25) is 0 Å². The van der Waals surface area contributed by atoms with Crippen LogP contribution in [0, 0.1) is 11.6 Å². The van der Waals surface area contributed by atoms with E-state index in [2.05, 4.69) is 4.98 Å². The lowest BCUT2D eigenvalue weighted by Gasteiger charge is -2.00. The van der Waals surface area contributed by atoms with Crippen molar-refractivity contribution in [2.24, 2.45) is 5.73 Å². The first-order valence-electron chi connectivity index (χ1n) is 5.26. The Bertz CT molecular complexity index is 511. The summed E-state index contributed by atoms with van der Waals surface area (Å²) in [5, 5.41) is 0.949. The lowest BCUT2D eigenvalue weighted by Crippen LogP contribution is -2.01. The largest absolute Gasteiger partial charge is 0.330 e. The van der Waals surface area contributed by atoms with Gasteiger partial charge in [-0.05, 0) is 18.2 Å². The molecule has 0 atom stereocenters. The Hall–Kier alpha value is -1.33. The van der Waals surface area contributed by atoms with E-state index in [1.807, 2.05) is 0 Å². The smallest absolute Gasteiger partial charge is 0.129 e. The molecule has 0 saturated heterocycles. The van der Waals surface area contributed by atoms with Crippen LogP contribution in [-0.4, -0.2) is 11.5 Å². The highest BCUT2D eigenvalue weighted by Gasteiger charge is 2.07. The molecule has 0 fully saturated rings. The Balaban J connectivity index is 2.13. The van der Waals surface area contributed by atoms with Crippen molar-refractivity contribution in [2.75, 3.05) is 6.54 Å². The van der Waals surface area contributed by atoms with Crippen molar-refractivity contribution < 1.29 is 8.78 Å². The minimum atomic E-state index is -0.556. The van der Waals surface area contributed by atoms with Gasteiger partial charge < -0.3 is 5.73 Å². The number of nitrogens with two attached hydrogens (primary N) is 1. The minimum Gasteiger partial charge on any atom is -0.330 e. The molecule has 0 aliphatic carbocycles. The second-order valence-corrected chi connectivity index (χ2v) is 4.87. The summed E-state index contributed by atoms with van der Waals surface area (Å²) in [6, 6.07) is 3.63. The first-order valence-corrected chi connectivity index (χ1v) is 6.08. The zero-order valence-electron chi connectivity index (χ0n) is 9.12. The molecular weight excluding hydrogens is 242 g/mol. The summed E-state index contributed by atoms with van der Waals surface area (Å²) in [4.78, 5) is 5.15. The first-order chi connectivity index (χ1) is 8.19. The van der Waals surface area contributed by atoms with E-state index < -0.39 is 11.6 Å². The molecule has 0 unspecified atom stereocenters. The van der Waals surface area contributed by atoms with Crippen molar-refractivity contribution in [1.29, 1.82) is 0 Å². The fourth-order valence-corrected chi connectivity index (χ4v) is 2.48. The Morgan fingerprint density at radius 1 is 1.29 bits per heavy atom. The van der Waals surface area contributed by atoms with E-state index in [0.29, 0.717) is 18.5 Å². The Morgan fingerprint density at radius 2 is 2.12 bits per heavy atom. The zero-order valence-corrected chi connectivity index (χ0v) is 9.94. The van der Waals surface area contributed by atoms with E-state index in [9.17, 15) is 8.78 Å². The van der Waals surface area contributed by atoms with Gasteiger partial charge in [0.25, 0.3) is 0 Å². The Kier molecular flexibility index (Phi) is 3.81. The van der Waals surface area contributed by atoms with Crippen LogP contribution in [0.3, 0.4) is 0 Å². The number of thiazole rings is 1. The number of halogens is 2. The highest BCUT2D eigenvalue weighted by Crippen LogP contribution is 2.19. The molecule has 5 heteroatoms. The molecule has 0 aliphatic heterocycles. The van der Waals surface area contributed by atoms with Crippen LogP contribution in [0.2, 0.25) is 0 Å². The molecule has 17 heavy (non-hydrogen) atoms. The highest BCUT2D eigenvalue weighted by atomic mass is 32.1. The van der Waals surface area contributed by atoms with E-state index in [4.69, 9.17) is 5.73 Å². The number of aromatic nitrogens is 1. The van der Waals surface area contributed by atoms with E-state index >= 15 is 0 Å². The molecule has 0 amide bonds. The number of hydrogen-bond donors (Lipinski definition) is 1.